The largest absolute Gasteiger partial charge is 0.467 e. The van der Waals surface area contributed by atoms with Gasteiger partial charge in [0.05, 0.1) is 7.11 Å². The molecule has 0 fully saturated rings. The van der Waals surface area contributed by atoms with Crippen molar-refractivity contribution in [3.63, 3.8) is 0 Å². The second-order valence-corrected chi connectivity index (χ2v) is 5.12. The van der Waals surface area contributed by atoms with Crippen molar-refractivity contribution in [3.05, 3.63) is 35.5 Å². The van der Waals surface area contributed by atoms with Crippen LogP contribution >= 0.6 is 0 Å². The molecule has 2 rings (SSSR count). The van der Waals surface area contributed by atoms with E-state index in [1.807, 2.05) is 38.2 Å². The summed E-state index contributed by atoms with van der Waals surface area (Å²) in [6, 6.07) is 7.35. The molecule has 0 spiro atoms. The average molecular weight is 288 g/mol. The molecule has 1 aromatic heterocycles. The minimum absolute atomic E-state index is 0.247. The summed E-state index contributed by atoms with van der Waals surface area (Å²) in [7, 11) is 3.32. The number of hydrogen-bond donors (Lipinski definition) is 1. The van der Waals surface area contributed by atoms with Crippen molar-refractivity contribution in [1.29, 1.82) is 0 Å². The van der Waals surface area contributed by atoms with Gasteiger partial charge in [0.15, 0.2) is 0 Å². The minimum Gasteiger partial charge on any atom is -0.467 e. The Labute approximate surface area is 123 Å². The zero-order valence-corrected chi connectivity index (χ0v) is 12.8. The highest BCUT2D eigenvalue weighted by molar-refractivity contribution is 5.88. The van der Waals surface area contributed by atoms with Crippen LogP contribution in [-0.2, 0) is 27.8 Å². The number of amides is 1. The number of esters is 1. The molecule has 0 aliphatic heterocycles. The summed E-state index contributed by atoms with van der Waals surface area (Å²) in [4.78, 5) is 23.2. The van der Waals surface area contributed by atoms with Crippen LogP contribution in [0.1, 0.15) is 18.2 Å². The summed E-state index contributed by atoms with van der Waals surface area (Å²) in [5.74, 6) is -0.680. The molecule has 0 aliphatic rings. The molecule has 5 nitrogen and oxygen atoms in total. The lowest BCUT2D eigenvalue weighted by atomic mass is 10.0. The van der Waals surface area contributed by atoms with Crippen molar-refractivity contribution in [2.24, 2.45) is 7.05 Å². The van der Waals surface area contributed by atoms with Gasteiger partial charge in [-0.05, 0) is 18.6 Å². The Morgan fingerprint density at radius 3 is 2.62 bits per heavy atom. The molecule has 1 atom stereocenters. The summed E-state index contributed by atoms with van der Waals surface area (Å²) in [5.41, 5.74) is 3.24. The molecule has 1 amide bonds. The van der Waals surface area contributed by atoms with E-state index in [1.54, 1.807) is 0 Å². The molecular weight excluding hydrogens is 268 g/mol. The molecule has 0 saturated carbocycles. The number of benzene rings is 1. The van der Waals surface area contributed by atoms with Gasteiger partial charge in [-0.2, -0.15) is 0 Å². The van der Waals surface area contributed by atoms with Crippen LogP contribution < -0.4 is 5.32 Å². The molecule has 1 unspecified atom stereocenters. The fourth-order valence-corrected chi connectivity index (χ4v) is 2.64. The number of carbonyl (C=O) groups is 2. The highest BCUT2D eigenvalue weighted by Crippen LogP contribution is 2.26. The molecule has 0 radical (unpaired) electrons. The quantitative estimate of drug-likeness (QED) is 0.871. The van der Waals surface area contributed by atoms with E-state index in [2.05, 4.69) is 9.88 Å². The Balaban J connectivity index is 2.43. The van der Waals surface area contributed by atoms with Crippen molar-refractivity contribution in [2.45, 2.75) is 26.3 Å². The van der Waals surface area contributed by atoms with Crippen LogP contribution in [0.5, 0.6) is 0 Å². The summed E-state index contributed by atoms with van der Waals surface area (Å²) < 4.78 is 6.87. The molecule has 0 bridgehead atoms. The summed E-state index contributed by atoms with van der Waals surface area (Å²) in [6.45, 7) is 3.41. The molecule has 1 heterocycles. The maximum Gasteiger partial charge on any atom is 0.328 e. The van der Waals surface area contributed by atoms with E-state index in [1.165, 1.54) is 14.0 Å². The van der Waals surface area contributed by atoms with Crippen LogP contribution in [0.4, 0.5) is 0 Å². The Morgan fingerprint density at radius 2 is 2.00 bits per heavy atom. The van der Waals surface area contributed by atoms with Gasteiger partial charge in [-0.25, -0.2) is 4.79 Å². The first-order chi connectivity index (χ1) is 9.95. The van der Waals surface area contributed by atoms with E-state index in [0.717, 1.165) is 22.2 Å². The van der Waals surface area contributed by atoms with Gasteiger partial charge >= 0.3 is 5.97 Å². The van der Waals surface area contributed by atoms with Gasteiger partial charge in [0.25, 0.3) is 0 Å². The number of carbonyl (C=O) groups excluding carboxylic acids is 2. The minimum atomic E-state index is -0.669. The fraction of sp³-hybridized carbons (Fsp3) is 0.375. The maximum atomic E-state index is 11.9. The smallest absolute Gasteiger partial charge is 0.328 e. The van der Waals surface area contributed by atoms with E-state index in [9.17, 15) is 9.59 Å². The lowest BCUT2D eigenvalue weighted by Gasteiger charge is -2.15. The van der Waals surface area contributed by atoms with Gasteiger partial charge in [0.2, 0.25) is 5.91 Å². The molecule has 1 aromatic carbocycles. The van der Waals surface area contributed by atoms with Crippen LogP contribution in [0.3, 0.4) is 0 Å². The van der Waals surface area contributed by atoms with Crippen molar-refractivity contribution >= 4 is 22.8 Å². The van der Waals surface area contributed by atoms with Crippen LogP contribution in [0.25, 0.3) is 10.9 Å². The summed E-state index contributed by atoms with van der Waals surface area (Å²) in [5, 5.41) is 3.75. The normalized spacial score (nSPS) is 12.2. The molecule has 112 valence electrons. The number of nitrogens with one attached hydrogen (secondary N) is 1. The van der Waals surface area contributed by atoms with Crippen molar-refractivity contribution in [1.82, 2.24) is 9.88 Å². The topological polar surface area (TPSA) is 60.3 Å². The van der Waals surface area contributed by atoms with Gasteiger partial charge in [-0.1, -0.05) is 18.2 Å². The second kappa shape index (κ2) is 5.99. The van der Waals surface area contributed by atoms with Crippen LogP contribution in [0.15, 0.2) is 24.3 Å². The lowest BCUT2D eigenvalue weighted by molar-refractivity contribution is -0.144. The number of fused-ring (bicyclic) bond motifs is 1. The number of hydrogen-bond acceptors (Lipinski definition) is 3. The molecule has 0 saturated heterocycles. The number of rotatable bonds is 4. The van der Waals surface area contributed by atoms with Gasteiger partial charge < -0.3 is 14.6 Å². The highest BCUT2D eigenvalue weighted by atomic mass is 16.5. The Bertz CT molecular complexity index is 688. The third-order valence-electron chi connectivity index (χ3n) is 3.80. The average Bonchev–Trinajstić information content (AvgIpc) is 2.71. The Hall–Kier alpha value is -2.30. The van der Waals surface area contributed by atoms with Crippen LogP contribution in [0, 0.1) is 6.92 Å². The van der Waals surface area contributed by atoms with Crippen molar-refractivity contribution < 1.29 is 14.3 Å². The number of methoxy groups -OCH3 is 1. The van der Waals surface area contributed by atoms with Gasteiger partial charge in [0, 0.05) is 37.0 Å². The molecule has 21 heavy (non-hydrogen) atoms. The molecule has 2 aromatic rings. The number of para-hydroxylation sites is 1. The summed E-state index contributed by atoms with van der Waals surface area (Å²) in [6.07, 6.45) is 0.416. The van der Waals surface area contributed by atoms with E-state index >= 15 is 0 Å². The molecule has 0 aliphatic carbocycles. The maximum absolute atomic E-state index is 11.9. The lowest BCUT2D eigenvalue weighted by Crippen LogP contribution is -2.42. The standard InChI is InChI=1S/C16H20N2O3/c1-10-13(9-14(16(20)21-4)17-11(2)19)12-7-5-6-8-15(12)18(10)3/h5-8,14H,9H2,1-4H3,(H,17,19). The third-order valence-corrected chi connectivity index (χ3v) is 3.80. The zero-order chi connectivity index (χ0) is 15.6. The third kappa shape index (κ3) is 2.91. The van der Waals surface area contributed by atoms with E-state index < -0.39 is 12.0 Å². The predicted molar refractivity (Wildman–Crippen MR) is 81.0 cm³/mol. The Morgan fingerprint density at radius 1 is 1.33 bits per heavy atom. The Kier molecular flexibility index (Phi) is 4.31. The van der Waals surface area contributed by atoms with Gasteiger partial charge in [0.1, 0.15) is 6.04 Å². The number of ether oxygens (including phenoxy) is 1. The highest BCUT2D eigenvalue weighted by Gasteiger charge is 2.23. The van der Waals surface area contributed by atoms with Crippen LogP contribution in [0.2, 0.25) is 0 Å². The second-order valence-electron chi connectivity index (χ2n) is 5.12. The zero-order valence-electron chi connectivity index (χ0n) is 12.8. The predicted octanol–water partition coefficient (Wildman–Crippen LogP) is 1.71. The SMILES string of the molecule is COC(=O)C(Cc1c(C)n(C)c2ccccc12)NC(C)=O. The number of aryl methyl sites for hydroxylation is 1. The van der Waals surface area contributed by atoms with Crippen LogP contribution in [-0.4, -0.2) is 29.6 Å². The summed E-state index contributed by atoms with van der Waals surface area (Å²) >= 11 is 0. The first kappa shape index (κ1) is 15.1. The van der Waals surface area contributed by atoms with Crippen molar-refractivity contribution in [3.8, 4) is 0 Å². The molecular formula is C16H20N2O3. The van der Waals surface area contributed by atoms with Gasteiger partial charge in [-0.15, -0.1) is 0 Å². The van der Waals surface area contributed by atoms with Gasteiger partial charge in [-0.3, -0.25) is 4.79 Å². The first-order valence-electron chi connectivity index (χ1n) is 6.83. The monoisotopic (exact) mass is 288 g/mol. The van der Waals surface area contributed by atoms with E-state index in [-0.39, 0.29) is 5.91 Å². The molecule has 1 N–H and O–H groups in total. The fourth-order valence-electron chi connectivity index (χ4n) is 2.64. The number of nitrogens with zero attached hydrogens (tertiary/aromatic N) is 1. The first-order valence-corrected chi connectivity index (χ1v) is 6.83. The van der Waals surface area contributed by atoms with E-state index in [0.29, 0.717) is 6.42 Å². The van der Waals surface area contributed by atoms with E-state index in [4.69, 9.17) is 4.74 Å². The number of aromatic nitrogens is 1. The van der Waals surface area contributed by atoms with Crippen molar-refractivity contribution in [2.75, 3.05) is 7.11 Å². The molecule has 5 heteroatoms.